The summed E-state index contributed by atoms with van der Waals surface area (Å²) in [5, 5.41) is 2.86. The zero-order valence-corrected chi connectivity index (χ0v) is 14.3. The summed E-state index contributed by atoms with van der Waals surface area (Å²) < 4.78 is 16.0. The predicted molar refractivity (Wildman–Crippen MR) is 92.2 cm³/mol. The first-order chi connectivity index (χ1) is 11.6. The van der Waals surface area contributed by atoms with Gasteiger partial charge in [0.1, 0.15) is 0 Å². The first-order valence-electron chi connectivity index (χ1n) is 7.74. The Bertz CT molecular complexity index is 685. The summed E-state index contributed by atoms with van der Waals surface area (Å²) in [6.07, 6.45) is 0. The van der Waals surface area contributed by atoms with Crippen LogP contribution in [0.25, 0.3) is 0 Å². The van der Waals surface area contributed by atoms with E-state index in [4.69, 9.17) is 14.2 Å². The van der Waals surface area contributed by atoms with Gasteiger partial charge in [0.25, 0.3) is 5.91 Å². The fourth-order valence-electron chi connectivity index (χ4n) is 2.31. The maximum absolute atomic E-state index is 12.0. The molecule has 1 N–H and O–H groups in total. The molecule has 0 saturated carbocycles. The van der Waals surface area contributed by atoms with E-state index in [1.165, 1.54) is 0 Å². The molecule has 0 atom stereocenters. The molecule has 0 aliphatic heterocycles. The second kappa shape index (κ2) is 8.93. The number of carbonyl (C=O) groups is 1. The summed E-state index contributed by atoms with van der Waals surface area (Å²) in [4.78, 5) is 12.0. The van der Waals surface area contributed by atoms with Crippen LogP contribution in [0.4, 0.5) is 0 Å². The first-order valence-corrected chi connectivity index (χ1v) is 7.74. The number of amides is 1. The molecule has 24 heavy (non-hydrogen) atoms. The fourth-order valence-corrected chi connectivity index (χ4v) is 2.31. The van der Waals surface area contributed by atoms with Crippen molar-refractivity contribution in [2.45, 2.75) is 20.1 Å². The number of ether oxygens (including phenoxy) is 3. The van der Waals surface area contributed by atoms with E-state index in [2.05, 4.69) is 5.32 Å². The third kappa shape index (κ3) is 4.99. The highest BCUT2D eigenvalue weighted by molar-refractivity contribution is 5.77. The number of nitrogens with one attached hydrogen (secondary N) is 1. The standard InChI is InChI=1S/C19H23NO4/c1-14-8-9-17(18(10-14)23-3)24-13-19(21)20-11-15-6-4-5-7-16(15)12-22-2/h4-10H,11-13H2,1-3H3,(H,20,21). The molecule has 0 radical (unpaired) electrons. The lowest BCUT2D eigenvalue weighted by Gasteiger charge is -2.12. The molecule has 2 rings (SSSR count). The van der Waals surface area contributed by atoms with Crippen LogP contribution in [0.3, 0.4) is 0 Å². The van der Waals surface area contributed by atoms with Gasteiger partial charge in [-0.2, -0.15) is 0 Å². The van der Waals surface area contributed by atoms with Crippen LogP contribution in [0, 0.1) is 6.92 Å². The van der Waals surface area contributed by atoms with Gasteiger partial charge in [0.2, 0.25) is 0 Å². The Labute approximate surface area is 142 Å². The second-order valence-electron chi connectivity index (χ2n) is 5.42. The van der Waals surface area contributed by atoms with Crippen molar-refractivity contribution in [1.29, 1.82) is 0 Å². The summed E-state index contributed by atoms with van der Waals surface area (Å²) in [7, 11) is 3.23. The third-order valence-electron chi connectivity index (χ3n) is 3.57. The SMILES string of the molecule is COCc1ccccc1CNC(=O)COc1ccc(C)cc1OC. The molecular weight excluding hydrogens is 306 g/mol. The Balaban J connectivity index is 1.88. The lowest BCUT2D eigenvalue weighted by Crippen LogP contribution is -2.28. The molecule has 5 nitrogen and oxygen atoms in total. The predicted octanol–water partition coefficient (Wildman–Crippen LogP) is 2.85. The van der Waals surface area contributed by atoms with E-state index in [9.17, 15) is 4.79 Å². The molecule has 0 spiro atoms. The Kier molecular flexibility index (Phi) is 6.63. The van der Waals surface area contributed by atoms with E-state index < -0.39 is 0 Å². The van der Waals surface area contributed by atoms with Gasteiger partial charge in [0.05, 0.1) is 13.7 Å². The summed E-state index contributed by atoms with van der Waals surface area (Å²) in [6.45, 7) is 2.86. The first kappa shape index (κ1) is 17.8. The maximum atomic E-state index is 12.0. The van der Waals surface area contributed by atoms with Crippen LogP contribution in [0.5, 0.6) is 11.5 Å². The average Bonchev–Trinajstić information content (AvgIpc) is 2.60. The lowest BCUT2D eigenvalue weighted by atomic mass is 10.1. The summed E-state index contributed by atoms with van der Waals surface area (Å²) >= 11 is 0. The van der Waals surface area contributed by atoms with Crippen molar-refractivity contribution in [3.63, 3.8) is 0 Å². The molecule has 0 heterocycles. The molecule has 1 amide bonds. The van der Waals surface area contributed by atoms with Gasteiger partial charge in [0, 0.05) is 13.7 Å². The smallest absolute Gasteiger partial charge is 0.258 e. The van der Waals surface area contributed by atoms with Crippen LogP contribution < -0.4 is 14.8 Å². The molecule has 128 valence electrons. The number of benzene rings is 2. The normalized spacial score (nSPS) is 10.3. The minimum atomic E-state index is -0.190. The zero-order valence-electron chi connectivity index (χ0n) is 14.3. The number of carbonyl (C=O) groups excluding carboxylic acids is 1. The van der Waals surface area contributed by atoms with E-state index >= 15 is 0 Å². The van der Waals surface area contributed by atoms with Gasteiger partial charge in [-0.1, -0.05) is 30.3 Å². The van der Waals surface area contributed by atoms with E-state index in [0.29, 0.717) is 24.7 Å². The van der Waals surface area contributed by atoms with Gasteiger partial charge < -0.3 is 19.5 Å². The monoisotopic (exact) mass is 329 g/mol. The van der Waals surface area contributed by atoms with Crippen LogP contribution in [0.2, 0.25) is 0 Å². The fraction of sp³-hybridized carbons (Fsp3) is 0.316. The molecular formula is C19H23NO4. The molecule has 0 bridgehead atoms. The highest BCUT2D eigenvalue weighted by Gasteiger charge is 2.09. The van der Waals surface area contributed by atoms with Crippen LogP contribution in [0.1, 0.15) is 16.7 Å². The second-order valence-corrected chi connectivity index (χ2v) is 5.42. The minimum Gasteiger partial charge on any atom is -0.493 e. The largest absolute Gasteiger partial charge is 0.493 e. The number of methoxy groups -OCH3 is 2. The lowest BCUT2D eigenvalue weighted by molar-refractivity contribution is -0.123. The van der Waals surface area contributed by atoms with Gasteiger partial charge >= 0.3 is 0 Å². The van der Waals surface area contributed by atoms with E-state index in [1.54, 1.807) is 20.3 Å². The van der Waals surface area contributed by atoms with Crippen molar-refractivity contribution < 1.29 is 19.0 Å². The van der Waals surface area contributed by atoms with Gasteiger partial charge in [-0.15, -0.1) is 0 Å². The van der Waals surface area contributed by atoms with Gasteiger partial charge in [-0.3, -0.25) is 4.79 Å². The van der Waals surface area contributed by atoms with Crippen LogP contribution in [-0.4, -0.2) is 26.7 Å². The van der Waals surface area contributed by atoms with Crippen LogP contribution >= 0.6 is 0 Å². The average molecular weight is 329 g/mol. The topological polar surface area (TPSA) is 56.8 Å². The van der Waals surface area contributed by atoms with E-state index in [-0.39, 0.29) is 12.5 Å². The molecule has 5 heteroatoms. The van der Waals surface area contributed by atoms with Crippen molar-refractivity contribution in [3.8, 4) is 11.5 Å². The number of aryl methyl sites for hydroxylation is 1. The summed E-state index contributed by atoms with van der Waals surface area (Å²) in [5.74, 6) is 0.983. The van der Waals surface area contributed by atoms with Crippen molar-refractivity contribution in [2.75, 3.05) is 20.8 Å². The van der Waals surface area contributed by atoms with Gasteiger partial charge in [-0.05, 0) is 35.7 Å². The molecule has 2 aromatic rings. The maximum Gasteiger partial charge on any atom is 0.258 e. The molecule has 0 saturated heterocycles. The van der Waals surface area contributed by atoms with Crippen molar-refractivity contribution in [1.82, 2.24) is 5.32 Å². The summed E-state index contributed by atoms with van der Waals surface area (Å²) in [6, 6.07) is 13.4. The molecule has 0 aliphatic carbocycles. The summed E-state index contributed by atoms with van der Waals surface area (Å²) in [5.41, 5.74) is 3.15. The highest BCUT2D eigenvalue weighted by Crippen LogP contribution is 2.27. The Hall–Kier alpha value is -2.53. The number of hydrogen-bond acceptors (Lipinski definition) is 4. The quantitative estimate of drug-likeness (QED) is 0.809. The molecule has 2 aromatic carbocycles. The minimum absolute atomic E-state index is 0.0636. The number of hydrogen-bond donors (Lipinski definition) is 1. The molecule has 0 fully saturated rings. The van der Waals surface area contributed by atoms with Crippen LogP contribution in [0.15, 0.2) is 42.5 Å². The van der Waals surface area contributed by atoms with Crippen molar-refractivity contribution >= 4 is 5.91 Å². The van der Waals surface area contributed by atoms with Crippen molar-refractivity contribution in [2.24, 2.45) is 0 Å². The molecule has 0 aliphatic rings. The van der Waals surface area contributed by atoms with E-state index in [1.807, 2.05) is 43.3 Å². The molecule has 0 unspecified atom stereocenters. The van der Waals surface area contributed by atoms with E-state index in [0.717, 1.165) is 16.7 Å². The Morgan fingerprint density at radius 1 is 1.04 bits per heavy atom. The highest BCUT2D eigenvalue weighted by atomic mass is 16.5. The van der Waals surface area contributed by atoms with Gasteiger partial charge in [-0.25, -0.2) is 0 Å². The number of rotatable bonds is 8. The van der Waals surface area contributed by atoms with Crippen LogP contribution in [-0.2, 0) is 22.7 Å². The van der Waals surface area contributed by atoms with Crippen molar-refractivity contribution in [3.05, 3.63) is 59.2 Å². The van der Waals surface area contributed by atoms with Gasteiger partial charge in [0.15, 0.2) is 18.1 Å². The molecule has 0 aromatic heterocycles. The third-order valence-corrected chi connectivity index (χ3v) is 3.57. The Morgan fingerprint density at radius 2 is 1.79 bits per heavy atom. The Morgan fingerprint density at radius 3 is 2.50 bits per heavy atom. The zero-order chi connectivity index (χ0) is 17.4.